The van der Waals surface area contributed by atoms with Gasteiger partial charge in [0.25, 0.3) is 0 Å². The molecule has 1 aromatic carbocycles. The third kappa shape index (κ3) is 3.30. The molecule has 1 nitrogen and oxygen atoms in total. The van der Waals surface area contributed by atoms with E-state index in [1.807, 2.05) is 13.0 Å². The van der Waals surface area contributed by atoms with Crippen molar-refractivity contribution >= 4 is 43.2 Å². The van der Waals surface area contributed by atoms with Gasteiger partial charge in [0.05, 0.1) is 8.26 Å². The van der Waals surface area contributed by atoms with Gasteiger partial charge in [-0.05, 0) is 76.0 Å². The molecule has 0 aliphatic carbocycles. The molecule has 0 fully saturated rings. The van der Waals surface area contributed by atoms with Gasteiger partial charge in [-0.3, -0.25) is 0 Å². The predicted octanol–water partition coefficient (Wildman–Crippen LogP) is 5.36. The Labute approximate surface area is 137 Å². The molecular formula is C14H13Br2F2NS. The summed E-state index contributed by atoms with van der Waals surface area (Å²) in [7, 11) is 1.79. The lowest BCUT2D eigenvalue weighted by atomic mass is 10.0. The summed E-state index contributed by atoms with van der Waals surface area (Å²) >= 11 is 8.15. The summed E-state index contributed by atoms with van der Waals surface area (Å²) < 4.78 is 29.2. The van der Waals surface area contributed by atoms with Crippen LogP contribution in [0.2, 0.25) is 0 Å². The maximum atomic E-state index is 14.0. The average molecular weight is 425 g/mol. The van der Waals surface area contributed by atoms with Gasteiger partial charge in [-0.1, -0.05) is 0 Å². The van der Waals surface area contributed by atoms with Crippen molar-refractivity contribution in [1.82, 2.24) is 5.32 Å². The van der Waals surface area contributed by atoms with Gasteiger partial charge in [-0.2, -0.15) is 0 Å². The van der Waals surface area contributed by atoms with Crippen LogP contribution in [0.5, 0.6) is 0 Å². The lowest BCUT2D eigenvalue weighted by molar-refractivity contribution is 0.516. The van der Waals surface area contributed by atoms with E-state index in [0.717, 1.165) is 14.2 Å². The minimum absolute atomic E-state index is 0.0981. The van der Waals surface area contributed by atoms with Crippen LogP contribution in [-0.4, -0.2) is 7.05 Å². The Morgan fingerprint density at radius 2 is 2.00 bits per heavy atom. The van der Waals surface area contributed by atoms with Crippen LogP contribution >= 0.6 is 43.2 Å². The van der Waals surface area contributed by atoms with E-state index in [1.165, 1.54) is 12.1 Å². The molecule has 6 heteroatoms. The number of halogens is 4. The highest BCUT2D eigenvalue weighted by molar-refractivity contribution is 9.11. The van der Waals surface area contributed by atoms with E-state index in [4.69, 9.17) is 0 Å². The summed E-state index contributed by atoms with van der Waals surface area (Å²) in [5, 5.41) is 3.12. The summed E-state index contributed by atoms with van der Waals surface area (Å²) in [5.41, 5.74) is 1.22. The topological polar surface area (TPSA) is 12.0 Å². The van der Waals surface area contributed by atoms with Gasteiger partial charge in [-0.25, -0.2) is 8.78 Å². The first-order chi connectivity index (χ1) is 9.43. The molecule has 1 atom stereocenters. The second-order valence-corrected chi connectivity index (χ2v) is 7.73. The quantitative estimate of drug-likeness (QED) is 0.651. The van der Waals surface area contributed by atoms with Crippen LogP contribution in [0.4, 0.5) is 8.78 Å². The summed E-state index contributed by atoms with van der Waals surface area (Å²) in [6.45, 7) is 2.00. The van der Waals surface area contributed by atoms with Crippen molar-refractivity contribution < 1.29 is 8.78 Å². The standard InChI is InChI=1S/C14H13Br2F2NS/c1-7-5-12(20-14(7)16)11(19-2)6-8-10(17)4-3-9(15)13(8)18/h3-5,11,19H,6H2,1-2H3. The lowest BCUT2D eigenvalue weighted by Gasteiger charge is -2.16. The molecule has 2 rings (SSSR count). The molecule has 0 bridgehead atoms. The second-order valence-electron chi connectivity index (χ2n) is 4.47. The maximum absolute atomic E-state index is 14.0. The van der Waals surface area contributed by atoms with Gasteiger partial charge in [0.1, 0.15) is 11.6 Å². The number of hydrogen-bond donors (Lipinski definition) is 1. The lowest BCUT2D eigenvalue weighted by Crippen LogP contribution is -2.19. The molecule has 2 aromatic rings. The highest BCUT2D eigenvalue weighted by atomic mass is 79.9. The Morgan fingerprint density at radius 3 is 2.55 bits per heavy atom. The molecule has 0 saturated carbocycles. The third-order valence-corrected chi connectivity index (χ3v) is 5.98. The molecule has 1 N–H and O–H groups in total. The number of thiophene rings is 1. The Balaban J connectivity index is 2.34. The van der Waals surface area contributed by atoms with Gasteiger partial charge in [-0.15, -0.1) is 11.3 Å². The molecule has 0 spiro atoms. The highest BCUT2D eigenvalue weighted by Crippen LogP contribution is 2.34. The molecule has 0 aliphatic rings. The Kier molecular flexibility index (Phi) is 5.34. The molecule has 108 valence electrons. The van der Waals surface area contributed by atoms with E-state index in [9.17, 15) is 8.78 Å². The number of aryl methyl sites for hydroxylation is 1. The first kappa shape index (κ1) is 16.1. The van der Waals surface area contributed by atoms with E-state index in [2.05, 4.69) is 37.2 Å². The zero-order chi connectivity index (χ0) is 14.9. The van der Waals surface area contributed by atoms with Gasteiger partial charge in [0.15, 0.2) is 0 Å². The highest BCUT2D eigenvalue weighted by Gasteiger charge is 2.20. The van der Waals surface area contributed by atoms with Gasteiger partial charge in [0, 0.05) is 16.5 Å². The van der Waals surface area contributed by atoms with Crippen LogP contribution in [-0.2, 0) is 6.42 Å². The second kappa shape index (κ2) is 6.64. The summed E-state index contributed by atoms with van der Waals surface area (Å²) in [6.07, 6.45) is 0.264. The first-order valence-corrected chi connectivity index (χ1v) is 8.39. The number of benzene rings is 1. The van der Waals surface area contributed by atoms with Crippen molar-refractivity contribution in [3.63, 3.8) is 0 Å². The molecule has 0 saturated heterocycles. The smallest absolute Gasteiger partial charge is 0.143 e. The van der Waals surface area contributed by atoms with Crippen LogP contribution < -0.4 is 5.32 Å². The number of likely N-dealkylation sites (N-methyl/N-ethyl adjacent to an activating group) is 1. The Hall–Kier alpha value is -0.300. The van der Waals surface area contributed by atoms with Gasteiger partial charge in [0.2, 0.25) is 0 Å². The predicted molar refractivity (Wildman–Crippen MR) is 86.3 cm³/mol. The zero-order valence-corrected chi connectivity index (χ0v) is 14.9. The van der Waals surface area contributed by atoms with E-state index in [0.29, 0.717) is 0 Å². The van der Waals surface area contributed by atoms with E-state index >= 15 is 0 Å². The SMILES string of the molecule is CNC(Cc1c(F)ccc(Br)c1F)c1cc(C)c(Br)s1. The largest absolute Gasteiger partial charge is 0.312 e. The molecule has 0 aliphatic heterocycles. The fourth-order valence-electron chi connectivity index (χ4n) is 1.96. The molecule has 1 aromatic heterocycles. The van der Waals surface area contributed by atoms with Crippen molar-refractivity contribution in [3.8, 4) is 0 Å². The normalized spacial score (nSPS) is 12.7. The fourth-order valence-corrected chi connectivity index (χ4v) is 4.01. The van der Waals surface area contributed by atoms with Crippen molar-refractivity contribution in [2.75, 3.05) is 7.05 Å². The van der Waals surface area contributed by atoms with Crippen LogP contribution in [0.25, 0.3) is 0 Å². The number of rotatable bonds is 4. The summed E-state index contributed by atoms with van der Waals surface area (Å²) in [5.74, 6) is -1.05. The monoisotopic (exact) mass is 423 g/mol. The fraction of sp³-hybridized carbons (Fsp3) is 0.286. The van der Waals surface area contributed by atoms with Crippen molar-refractivity contribution in [1.29, 1.82) is 0 Å². The minimum Gasteiger partial charge on any atom is -0.312 e. The third-order valence-electron chi connectivity index (χ3n) is 3.12. The van der Waals surface area contributed by atoms with E-state index < -0.39 is 11.6 Å². The van der Waals surface area contributed by atoms with Crippen LogP contribution in [0, 0.1) is 18.6 Å². The molecule has 20 heavy (non-hydrogen) atoms. The Bertz CT molecular complexity index is 608. The van der Waals surface area contributed by atoms with Crippen molar-refractivity contribution in [3.05, 3.63) is 54.1 Å². The van der Waals surface area contributed by atoms with Crippen LogP contribution in [0.15, 0.2) is 26.5 Å². The van der Waals surface area contributed by atoms with Gasteiger partial charge >= 0.3 is 0 Å². The van der Waals surface area contributed by atoms with E-state index in [-0.39, 0.29) is 22.5 Å². The Morgan fingerprint density at radius 1 is 1.30 bits per heavy atom. The number of hydrogen-bond acceptors (Lipinski definition) is 2. The first-order valence-electron chi connectivity index (χ1n) is 5.99. The summed E-state index contributed by atoms with van der Waals surface area (Å²) in [6, 6.07) is 4.58. The van der Waals surface area contributed by atoms with Crippen molar-refractivity contribution in [2.45, 2.75) is 19.4 Å². The minimum atomic E-state index is -0.530. The van der Waals surface area contributed by atoms with Crippen LogP contribution in [0.1, 0.15) is 22.0 Å². The number of nitrogens with one attached hydrogen (secondary N) is 1. The molecule has 1 unspecified atom stereocenters. The van der Waals surface area contributed by atoms with E-state index in [1.54, 1.807) is 18.4 Å². The average Bonchev–Trinajstić information content (AvgIpc) is 2.74. The zero-order valence-electron chi connectivity index (χ0n) is 10.9. The molecular weight excluding hydrogens is 412 g/mol. The van der Waals surface area contributed by atoms with Gasteiger partial charge < -0.3 is 5.32 Å². The van der Waals surface area contributed by atoms with Crippen LogP contribution in [0.3, 0.4) is 0 Å². The summed E-state index contributed by atoms with van der Waals surface area (Å²) in [4.78, 5) is 1.05. The molecule has 1 heterocycles. The van der Waals surface area contributed by atoms with Crippen molar-refractivity contribution in [2.24, 2.45) is 0 Å². The molecule has 0 radical (unpaired) electrons. The maximum Gasteiger partial charge on any atom is 0.143 e. The molecule has 0 amide bonds.